The van der Waals surface area contributed by atoms with Crippen molar-refractivity contribution in [3.63, 3.8) is 0 Å². The summed E-state index contributed by atoms with van der Waals surface area (Å²) in [6.45, 7) is 11.2. The second-order valence-corrected chi connectivity index (χ2v) is 5.59. The summed E-state index contributed by atoms with van der Waals surface area (Å²) in [5, 5.41) is 0. The summed E-state index contributed by atoms with van der Waals surface area (Å²) >= 11 is 0. The molecule has 1 unspecified atom stereocenters. The molecule has 1 aromatic rings. The third kappa shape index (κ3) is 3.95. The zero-order valence-electron chi connectivity index (χ0n) is 10.0. The first-order valence-electron chi connectivity index (χ1n) is 5.37. The van der Waals surface area contributed by atoms with Crippen molar-refractivity contribution in [2.75, 3.05) is 0 Å². The van der Waals surface area contributed by atoms with Crippen LogP contribution in [0.2, 0.25) is 0 Å². The Balaban J connectivity index is 2.45. The zero-order chi connectivity index (χ0) is 10.8. The van der Waals surface area contributed by atoms with Crippen LogP contribution in [0.15, 0.2) is 6.20 Å². The fourth-order valence-electron chi connectivity index (χ4n) is 2.02. The van der Waals surface area contributed by atoms with Gasteiger partial charge in [0, 0.05) is 18.3 Å². The van der Waals surface area contributed by atoms with Gasteiger partial charge in [0.1, 0.15) is 5.82 Å². The smallest absolute Gasteiger partial charge is 0.106 e. The molecular formula is C12H22N2. The number of hydrogen-bond donors (Lipinski definition) is 1. The molecule has 1 atom stereocenters. The van der Waals surface area contributed by atoms with E-state index in [1.165, 1.54) is 6.42 Å². The first-order chi connectivity index (χ1) is 6.37. The number of aromatic nitrogens is 2. The van der Waals surface area contributed by atoms with Gasteiger partial charge in [0.2, 0.25) is 0 Å². The number of hydrogen-bond acceptors (Lipinski definition) is 1. The minimum absolute atomic E-state index is 0.418. The van der Waals surface area contributed by atoms with Gasteiger partial charge in [-0.25, -0.2) is 4.98 Å². The van der Waals surface area contributed by atoms with Gasteiger partial charge in [-0.15, -0.1) is 0 Å². The molecule has 14 heavy (non-hydrogen) atoms. The fourth-order valence-corrected chi connectivity index (χ4v) is 2.02. The molecule has 0 amide bonds. The normalized spacial score (nSPS) is 14.4. The number of nitrogens with one attached hydrogen (secondary N) is 1. The Morgan fingerprint density at radius 2 is 2.07 bits per heavy atom. The molecule has 1 aromatic heterocycles. The number of imidazole rings is 1. The Hall–Kier alpha value is -0.790. The lowest BCUT2D eigenvalue weighted by molar-refractivity contribution is 0.304. The van der Waals surface area contributed by atoms with Crippen LogP contribution in [0.1, 0.15) is 45.6 Å². The maximum atomic E-state index is 4.33. The Kier molecular flexibility index (Phi) is 3.35. The van der Waals surface area contributed by atoms with E-state index >= 15 is 0 Å². The molecule has 0 aliphatic heterocycles. The third-order valence-corrected chi connectivity index (χ3v) is 2.26. The summed E-state index contributed by atoms with van der Waals surface area (Å²) in [6.07, 6.45) is 4.21. The van der Waals surface area contributed by atoms with Crippen molar-refractivity contribution in [3.8, 4) is 0 Å². The molecule has 0 radical (unpaired) electrons. The van der Waals surface area contributed by atoms with Crippen LogP contribution in [-0.4, -0.2) is 9.97 Å². The summed E-state index contributed by atoms with van der Waals surface area (Å²) in [4.78, 5) is 7.61. The summed E-state index contributed by atoms with van der Waals surface area (Å²) in [7, 11) is 0. The topological polar surface area (TPSA) is 28.7 Å². The molecule has 0 spiro atoms. The summed E-state index contributed by atoms with van der Waals surface area (Å²) in [5.74, 6) is 1.82. The molecule has 0 aliphatic rings. The van der Waals surface area contributed by atoms with Gasteiger partial charge in [0.05, 0.1) is 0 Å². The van der Waals surface area contributed by atoms with Crippen molar-refractivity contribution in [1.29, 1.82) is 0 Å². The molecule has 1 N–H and O–H groups in total. The predicted octanol–water partition coefficient (Wildman–Crippen LogP) is 3.33. The Morgan fingerprint density at radius 3 is 2.50 bits per heavy atom. The highest BCUT2D eigenvalue weighted by Crippen LogP contribution is 2.25. The van der Waals surface area contributed by atoms with Gasteiger partial charge in [-0.1, -0.05) is 27.7 Å². The van der Waals surface area contributed by atoms with Gasteiger partial charge in [-0.05, 0) is 24.7 Å². The van der Waals surface area contributed by atoms with E-state index in [0.717, 1.165) is 17.9 Å². The van der Waals surface area contributed by atoms with E-state index in [1.807, 2.05) is 13.1 Å². The van der Waals surface area contributed by atoms with Crippen LogP contribution >= 0.6 is 0 Å². The minimum Gasteiger partial charge on any atom is -0.346 e. The lowest BCUT2D eigenvalue weighted by Crippen LogP contribution is -2.13. The summed E-state index contributed by atoms with van der Waals surface area (Å²) < 4.78 is 0. The number of H-pyrrole nitrogens is 1. The molecule has 80 valence electrons. The second-order valence-electron chi connectivity index (χ2n) is 5.59. The number of nitrogens with zero attached hydrogens (tertiary/aromatic N) is 1. The Bertz CT molecular complexity index is 281. The lowest BCUT2D eigenvalue weighted by Gasteiger charge is -2.22. The van der Waals surface area contributed by atoms with Crippen molar-refractivity contribution >= 4 is 0 Å². The van der Waals surface area contributed by atoms with Gasteiger partial charge < -0.3 is 4.98 Å². The second kappa shape index (κ2) is 4.16. The first kappa shape index (κ1) is 11.3. The number of rotatable bonds is 3. The number of aromatic amines is 1. The standard InChI is InChI=1S/C12H22N2/c1-9(7-12(3,4)5)6-11-13-8-10(2)14-11/h8-9H,6-7H2,1-5H3,(H,13,14). The highest BCUT2D eigenvalue weighted by atomic mass is 14.9. The predicted molar refractivity (Wildman–Crippen MR) is 60.3 cm³/mol. The van der Waals surface area contributed by atoms with Gasteiger partial charge >= 0.3 is 0 Å². The van der Waals surface area contributed by atoms with Crippen LogP contribution in [0.5, 0.6) is 0 Å². The van der Waals surface area contributed by atoms with Crippen LogP contribution in [0.4, 0.5) is 0 Å². The molecule has 0 saturated carbocycles. The molecule has 0 saturated heterocycles. The highest BCUT2D eigenvalue weighted by Gasteiger charge is 2.16. The molecule has 0 fully saturated rings. The van der Waals surface area contributed by atoms with E-state index in [1.54, 1.807) is 0 Å². The molecule has 0 aromatic carbocycles. The van der Waals surface area contributed by atoms with Crippen molar-refractivity contribution < 1.29 is 0 Å². The van der Waals surface area contributed by atoms with E-state index in [0.29, 0.717) is 11.3 Å². The third-order valence-electron chi connectivity index (χ3n) is 2.26. The largest absolute Gasteiger partial charge is 0.346 e. The average Bonchev–Trinajstić information content (AvgIpc) is 2.30. The molecular weight excluding hydrogens is 172 g/mol. The minimum atomic E-state index is 0.418. The van der Waals surface area contributed by atoms with Crippen LogP contribution < -0.4 is 0 Å². The quantitative estimate of drug-likeness (QED) is 0.785. The van der Waals surface area contributed by atoms with Crippen LogP contribution in [0, 0.1) is 18.3 Å². The SMILES string of the molecule is Cc1cnc(CC(C)CC(C)(C)C)[nH]1. The van der Waals surface area contributed by atoms with E-state index in [2.05, 4.69) is 37.7 Å². The Morgan fingerprint density at radius 1 is 1.43 bits per heavy atom. The van der Waals surface area contributed by atoms with Gasteiger partial charge in [-0.3, -0.25) is 0 Å². The highest BCUT2D eigenvalue weighted by molar-refractivity contribution is 4.99. The lowest BCUT2D eigenvalue weighted by atomic mass is 9.84. The van der Waals surface area contributed by atoms with Gasteiger partial charge in [-0.2, -0.15) is 0 Å². The van der Waals surface area contributed by atoms with Gasteiger partial charge in [0.15, 0.2) is 0 Å². The molecule has 1 rings (SSSR count). The van der Waals surface area contributed by atoms with Crippen LogP contribution in [0.25, 0.3) is 0 Å². The first-order valence-corrected chi connectivity index (χ1v) is 5.37. The average molecular weight is 194 g/mol. The van der Waals surface area contributed by atoms with Crippen LogP contribution in [0.3, 0.4) is 0 Å². The molecule has 0 aliphatic carbocycles. The van der Waals surface area contributed by atoms with E-state index < -0.39 is 0 Å². The maximum Gasteiger partial charge on any atom is 0.106 e. The zero-order valence-corrected chi connectivity index (χ0v) is 10.0. The van der Waals surface area contributed by atoms with Crippen LogP contribution in [-0.2, 0) is 6.42 Å². The molecule has 1 heterocycles. The molecule has 2 heteroatoms. The summed E-state index contributed by atoms with van der Waals surface area (Å²) in [5.41, 5.74) is 1.57. The van der Waals surface area contributed by atoms with E-state index in [-0.39, 0.29) is 0 Å². The monoisotopic (exact) mass is 194 g/mol. The Labute approximate surface area is 87.1 Å². The van der Waals surface area contributed by atoms with Gasteiger partial charge in [0.25, 0.3) is 0 Å². The van der Waals surface area contributed by atoms with Crippen molar-refractivity contribution in [1.82, 2.24) is 9.97 Å². The van der Waals surface area contributed by atoms with Crippen molar-refractivity contribution in [2.24, 2.45) is 11.3 Å². The van der Waals surface area contributed by atoms with E-state index in [4.69, 9.17) is 0 Å². The number of aryl methyl sites for hydroxylation is 1. The van der Waals surface area contributed by atoms with Crippen molar-refractivity contribution in [2.45, 2.75) is 47.5 Å². The maximum absolute atomic E-state index is 4.33. The van der Waals surface area contributed by atoms with E-state index in [9.17, 15) is 0 Å². The summed E-state index contributed by atoms with van der Waals surface area (Å²) in [6, 6.07) is 0. The van der Waals surface area contributed by atoms with Crippen molar-refractivity contribution in [3.05, 3.63) is 17.7 Å². The molecule has 2 nitrogen and oxygen atoms in total. The molecule has 0 bridgehead atoms. The fraction of sp³-hybridized carbons (Fsp3) is 0.750.